The molecule has 0 radical (unpaired) electrons. The van der Waals surface area contributed by atoms with E-state index in [1.54, 1.807) is 19.9 Å². The minimum atomic E-state index is -2.96. The normalized spacial score (nSPS) is 16.3. The van der Waals surface area contributed by atoms with Gasteiger partial charge in [-0.2, -0.15) is 0 Å². The molecule has 0 saturated heterocycles. The first kappa shape index (κ1) is 32.1. The Morgan fingerprint density at radius 3 is 1.83 bits per heavy atom. The predicted molar refractivity (Wildman–Crippen MR) is 179 cm³/mol. The van der Waals surface area contributed by atoms with E-state index in [1.807, 2.05) is 91.0 Å². The summed E-state index contributed by atoms with van der Waals surface area (Å²) in [7, 11) is -2.96. The van der Waals surface area contributed by atoms with Gasteiger partial charge < -0.3 is 15.2 Å². The van der Waals surface area contributed by atoms with Crippen molar-refractivity contribution in [3.63, 3.8) is 0 Å². The lowest BCUT2D eigenvalue weighted by atomic mass is 9.77. The number of hydrogen-bond donors (Lipinski definition) is 1. The zero-order chi connectivity index (χ0) is 32.7. The first-order chi connectivity index (χ1) is 22.3. The Morgan fingerprint density at radius 2 is 1.35 bits per heavy atom. The second-order valence-electron chi connectivity index (χ2n) is 10.3. The van der Waals surface area contributed by atoms with Gasteiger partial charge in [0.1, 0.15) is 17.6 Å². The fourth-order valence-corrected chi connectivity index (χ4v) is 9.15. The number of nitrogens with zero attached hydrogens (tertiary/aromatic N) is 3. The number of aliphatic imine (C=N–C) groups is 1. The molecule has 1 aliphatic heterocycles. The monoisotopic (exact) mass is 636 g/mol. The lowest BCUT2D eigenvalue weighted by Gasteiger charge is -2.33. The number of rotatable bonds is 9. The molecule has 11 heteroatoms. The van der Waals surface area contributed by atoms with E-state index in [4.69, 9.17) is 20.0 Å². The summed E-state index contributed by atoms with van der Waals surface area (Å²) < 4.78 is 16.4. The number of hydrogen-bond acceptors (Lipinski definition) is 9. The molecule has 5 rings (SSSR count). The van der Waals surface area contributed by atoms with Gasteiger partial charge in [-0.25, -0.2) is 14.5 Å². The van der Waals surface area contributed by atoms with Crippen molar-refractivity contribution >= 4 is 46.4 Å². The molecule has 2 atom stereocenters. The van der Waals surface area contributed by atoms with Crippen molar-refractivity contribution in [2.24, 2.45) is 21.4 Å². The Kier molecular flexibility index (Phi) is 9.88. The fraction of sp³-hybridized carbons (Fsp3) is 0.171. The third-order valence-electron chi connectivity index (χ3n) is 7.55. The lowest BCUT2D eigenvalue weighted by Crippen LogP contribution is -2.39. The molecule has 2 N–H and O–H groups in total. The van der Waals surface area contributed by atoms with Crippen LogP contribution in [0.5, 0.6) is 0 Å². The summed E-state index contributed by atoms with van der Waals surface area (Å²) in [6, 6.07) is 35.0. The van der Waals surface area contributed by atoms with Crippen LogP contribution in [0.3, 0.4) is 0 Å². The van der Waals surface area contributed by atoms with E-state index in [0.717, 1.165) is 15.9 Å². The molecule has 4 aromatic carbocycles. The van der Waals surface area contributed by atoms with Crippen LogP contribution < -0.4 is 21.6 Å². The molecule has 4 aromatic rings. The molecule has 10 nitrogen and oxygen atoms in total. The van der Waals surface area contributed by atoms with Crippen molar-refractivity contribution in [1.82, 2.24) is 0 Å². The van der Waals surface area contributed by atoms with Crippen molar-refractivity contribution in [3.05, 3.63) is 142 Å². The van der Waals surface area contributed by atoms with Gasteiger partial charge in [-0.1, -0.05) is 103 Å². The molecule has 0 saturated carbocycles. The molecule has 2 unspecified atom stereocenters. The second-order valence-corrected chi connectivity index (χ2v) is 13.3. The topological polar surface area (TPSA) is 146 Å². The van der Waals surface area contributed by atoms with Crippen LogP contribution in [0.4, 0.5) is 5.69 Å². The van der Waals surface area contributed by atoms with Crippen LogP contribution in [-0.2, 0) is 19.1 Å². The average molecular weight is 637 g/mol. The van der Waals surface area contributed by atoms with Crippen LogP contribution in [0.1, 0.15) is 25.3 Å². The highest BCUT2D eigenvalue weighted by Gasteiger charge is 2.46. The van der Waals surface area contributed by atoms with Gasteiger partial charge in [-0.15, -0.1) is 0 Å². The summed E-state index contributed by atoms with van der Waals surface area (Å²) in [5, 5.41) is 14.5. The number of esters is 2. The third-order valence-corrected chi connectivity index (χ3v) is 11.2. The van der Waals surface area contributed by atoms with Gasteiger partial charge in [0.25, 0.3) is 5.69 Å². The van der Waals surface area contributed by atoms with Gasteiger partial charge in [0.2, 0.25) is 0 Å². The zero-order valence-electron chi connectivity index (χ0n) is 25.4. The lowest BCUT2D eigenvalue weighted by molar-refractivity contribution is -0.384. The van der Waals surface area contributed by atoms with Gasteiger partial charge >= 0.3 is 11.9 Å². The van der Waals surface area contributed by atoms with Crippen LogP contribution in [0.25, 0.3) is 0 Å². The number of ether oxygens (including phenoxy) is 2. The number of amidine groups is 1. The molecular weight excluding hydrogens is 603 g/mol. The van der Waals surface area contributed by atoms with E-state index in [-0.39, 0.29) is 36.1 Å². The van der Waals surface area contributed by atoms with E-state index in [0.29, 0.717) is 5.56 Å². The molecular formula is C35H33N4O6P. The zero-order valence-corrected chi connectivity index (χ0v) is 26.2. The van der Waals surface area contributed by atoms with Crippen LogP contribution >= 0.6 is 7.05 Å². The average Bonchev–Trinajstić information content (AvgIpc) is 3.08. The number of non-ortho nitro benzene ring substituents is 1. The maximum Gasteiger partial charge on any atom is 0.338 e. The SMILES string of the molecule is CCOC(=O)C1=C(N)N=C(N=P(c2ccccc2)(c2ccccc2)c2ccccc2)C(C(=O)OCC)C1c1cccc([N+](=O)[O-])c1. The van der Waals surface area contributed by atoms with Crippen LogP contribution in [0.15, 0.2) is 136 Å². The highest BCUT2D eigenvalue weighted by Crippen LogP contribution is 2.49. The predicted octanol–water partition coefficient (Wildman–Crippen LogP) is 5.18. The molecule has 46 heavy (non-hydrogen) atoms. The summed E-state index contributed by atoms with van der Waals surface area (Å²) in [5.41, 5.74) is 6.54. The quantitative estimate of drug-likeness (QED) is 0.115. The Hall–Kier alpha value is -5.34. The number of nitro benzene ring substituents is 1. The van der Waals surface area contributed by atoms with Crippen molar-refractivity contribution < 1.29 is 24.0 Å². The number of benzene rings is 4. The first-order valence-corrected chi connectivity index (χ1v) is 16.5. The molecule has 234 valence electrons. The molecule has 0 spiro atoms. The summed E-state index contributed by atoms with van der Waals surface area (Å²) in [6.07, 6.45) is 0. The van der Waals surface area contributed by atoms with Gasteiger partial charge in [-0.3, -0.25) is 14.9 Å². The Balaban J connectivity index is 1.92. The van der Waals surface area contributed by atoms with Crippen molar-refractivity contribution in [2.75, 3.05) is 13.2 Å². The molecule has 0 amide bonds. The van der Waals surface area contributed by atoms with Crippen molar-refractivity contribution in [1.29, 1.82) is 0 Å². The van der Waals surface area contributed by atoms with Gasteiger partial charge in [-0.05, 0) is 19.4 Å². The third kappa shape index (κ3) is 6.25. The largest absolute Gasteiger partial charge is 0.465 e. The summed E-state index contributed by atoms with van der Waals surface area (Å²) in [5.74, 6) is -4.07. The van der Waals surface area contributed by atoms with Crippen LogP contribution in [-0.4, -0.2) is 35.9 Å². The van der Waals surface area contributed by atoms with E-state index < -0.39 is 35.8 Å². The first-order valence-electron chi connectivity index (χ1n) is 14.8. The highest BCUT2D eigenvalue weighted by atomic mass is 31.2. The van der Waals surface area contributed by atoms with Gasteiger partial charge in [0.15, 0.2) is 0 Å². The number of carbonyl (C=O) groups excluding carboxylic acids is 2. The standard InChI is InChI=1S/C35H33N4O6P/c1-3-44-34(40)30-29(24-15-14-16-25(23-24)39(42)43)31(35(41)45-4-2)33(37-32(30)36)38-46(26-17-8-5-9-18-26,27-19-10-6-11-20-27)28-21-12-7-13-22-28/h5-23,29,31H,3-4,36H2,1-2H3. The van der Waals surface area contributed by atoms with Gasteiger partial charge in [0.05, 0.1) is 30.8 Å². The fourth-order valence-electron chi connectivity index (χ4n) is 5.62. The molecule has 0 fully saturated rings. The van der Waals surface area contributed by atoms with Crippen LogP contribution in [0, 0.1) is 16.0 Å². The smallest absolute Gasteiger partial charge is 0.338 e. The molecule has 1 aliphatic rings. The van der Waals surface area contributed by atoms with E-state index in [9.17, 15) is 19.7 Å². The Morgan fingerprint density at radius 1 is 0.826 bits per heavy atom. The van der Waals surface area contributed by atoms with E-state index in [2.05, 4.69) is 4.99 Å². The summed E-state index contributed by atoms with van der Waals surface area (Å²) in [6.45, 7) is 3.38. The summed E-state index contributed by atoms with van der Waals surface area (Å²) in [4.78, 5) is 43.4. The van der Waals surface area contributed by atoms with E-state index >= 15 is 0 Å². The highest BCUT2D eigenvalue weighted by molar-refractivity contribution is 7.87. The Labute approximate surface area is 266 Å². The molecule has 0 aliphatic carbocycles. The van der Waals surface area contributed by atoms with Crippen LogP contribution in [0.2, 0.25) is 0 Å². The maximum absolute atomic E-state index is 14.0. The molecule has 1 heterocycles. The molecule has 0 bridgehead atoms. The van der Waals surface area contributed by atoms with Gasteiger partial charge in [0, 0.05) is 34.0 Å². The Bertz CT molecular complexity index is 1760. The minimum absolute atomic E-state index is 0.0347. The van der Waals surface area contributed by atoms with Crippen molar-refractivity contribution in [2.45, 2.75) is 19.8 Å². The summed E-state index contributed by atoms with van der Waals surface area (Å²) >= 11 is 0. The van der Waals surface area contributed by atoms with E-state index in [1.165, 1.54) is 18.2 Å². The second kappa shape index (κ2) is 14.2. The minimum Gasteiger partial charge on any atom is -0.465 e. The van der Waals surface area contributed by atoms with Crippen molar-refractivity contribution in [3.8, 4) is 0 Å². The maximum atomic E-state index is 14.0. The molecule has 0 aromatic heterocycles. The number of nitro groups is 1. The number of nitrogens with two attached hydrogens (primary N) is 1. The number of carbonyl (C=O) groups is 2.